The van der Waals surface area contributed by atoms with E-state index in [2.05, 4.69) is 6.92 Å². The van der Waals surface area contributed by atoms with Crippen molar-refractivity contribution in [2.75, 3.05) is 18.0 Å². The lowest BCUT2D eigenvalue weighted by Crippen LogP contribution is -2.49. The Hall–Kier alpha value is -1.84. The second-order valence-electron chi connectivity index (χ2n) is 6.66. The number of rotatable bonds is 2. The molecule has 4 heteroatoms. The molecule has 2 fully saturated rings. The van der Waals surface area contributed by atoms with Gasteiger partial charge in [0.1, 0.15) is 6.04 Å². The Morgan fingerprint density at radius 2 is 1.73 bits per heavy atom. The highest BCUT2D eigenvalue weighted by molar-refractivity contribution is 6.03. The average molecular weight is 300 g/mol. The molecule has 4 nitrogen and oxygen atoms in total. The molecule has 2 aliphatic rings. The fourth-order valence-electron chi connectivity index (χ4n) is 3.39. The van der Waals surface area contributed by atoms with Crippen molar-refractivity contribution >= 4 is 17.5 Å². The summed E-state index contributed by atoms with van der Waals surface area (Å²) in [4.78, 5) is 28.8. The second kappa shape index (κ2) is 6.11. The highest BCUT2D eigenvalue weighted by Crippen LogP contribution is 2.29. The summed E-state index contributed by atoms with van der Waals surface area (Å²) in [5.41, 5.74) is 2.00. The van der Waals surface area contributed by atoms with Gasteiger partial charge >= 0.3 is 0 Å². The van der Waals surface area contributed by atoms with E-state index in [1.54, 1.807) is 4.90 Å². The van der Waals surface area contributed by atoms with Gasteiger partial charge in [-0.2, -0.15) is 0 Å². The number of carbonyl (C=O) groups is 2. The Bertz CT molecular complexity index is 559. The molecule has 2 heterocycles. The van der Waals surface area contributed by atoms with Gasteiger partial charge in [0.25, 0.3) is 0 Å². The van der Waals surface area contributed by atoms with Gasteiger partial charge in [0.05, 0.1) is 0 Å². The van der Waals surface area contributed by atoms with Crippen LogP contribution in [0.1, 0.15) is 38.2 Å². The molecule has 2 aliphatic heterocycles. The third-order valence-corrected chi connectivity index (χ3v) is 4.90. The predicted octanol–water partition coefficient (Wildman–Crippen LogP) is 2.75. The molecule has 1 atom stereocenters. The van der Waals surface area contributed by atoms with Crippen LogP contribution in [0.3, 0.4) is 0 Å². The molecule has 1 aromatic carbocycles. The number of benzene rings is 1. The first-order chi connectivity index (χ1) is 10.6. The maximum Gasteiger partial charge on any atom is 0.245 e. The van der Waals surface area contributed by atoms with Gasteiger partial charge in [0.15, 0.2) is 0 Å². The van der Waals surface area contributed by atoms with Crippen molar-refractivity contribution in [3.63, 3.8) is 0 Å². The summed E-state index contributed by atoms with van der Waals surface area (Å²) in [5, 5.41) is 0. The topological polar surface area (TPSA) is 40.6 Å². The zero-order chi connectivity index (χ0) is 15.7. The summed E-state index contributed by atoms with van der Waals surface area (Å²) < 4.78 is 0. The number of aryl methyl sites for hydroxylation is 1. The van der Waals surface area contributed by atoms with Crippen molar-refractivity contribution in [3.05, 3.63) is 29.8 Å². The fraction of sp³-hybridized carbons (Fsp3) is 0.556. The van der Waals surface area contributed by atoms with Gasteiger partial charge in [-0.05, 0) is 44.2 Å². The van der Waals surface area contributed by atoms with Crippen molar-refractivity contribution in [1.82, 2.24) is 4.90 Å². The van der Waals surface area contributed by atoms with Crippen molar-refractivity contribution in [2.24, 2.45) is 5.92 Å². The zero-order valence-corrected chi connectivity index (χ0v) is 13.4. The Kier molecular flexibility index (Phi) is 4.19. The monoisotopic (exact) mass is 300 g/mol. The van der Waals surface area contributed by atoms with Gasteiger partial charge in [0, 0.05) is 25.2 Å². The minimum absolute atomic E-state index is 0.0626. The van der Waals surface area contributed by atoms with Crippen LogP contribution < -0.4 is 4.90 Å². The standard InChI is InChI=1S/C18H24N2O2/c1-13-3-5-15(6-4-13)20-16(7-8-17(20)21)18(22)19-11-9-14(2)10-12-19/h3-6,14,16H,7-12H2,1-2H3. The molecule has 0 N–H and O–H groups in total. The van der Waals surface area contributed by atoms with Gasteiger partial charge < -0.3 is 4.90 Å². The first-order valence-corrected chi connectivity index (χ1v) is 8.24. The smallest absolute Gasteiger partial charge is 0.245 e. The molecule has 0 aliphatic carbocycles. The zero-order valence-electron chi connectivity index (χ0n) is 13.4. The van der Waals surface area contributed by atoms with Crippen LogP contribution in [-0.4, -0.2) is 35.8 Å². The van der Waals surface area contributed by atoms with Crippen LogP contribution in [0.25, 0.3) is 0 Å². The molecule has 0 radical (unpaired) electrons. The number of amides is 2. The van der Waals surface area contributed by atoms with Crippen LogP contribution >= 0.6 is 0 Å². The fourth-order valence-corrected chi connectivity index (χ4v) is 3.39. The summed E-state index contributed by atoms with van der Waals surface area (Å²) in [6, 6.07) is 7.55. The largest absolute Gasteiger partial charge is 0.341 e. The summed E-state index contributed by atoms with van der Waals surface area (Å²) >= 11 is 0. The lowest BCUT2D eigenvalue weighted by Gasteiger charge is -2.34. The van der Waals surface area contributed by atoms with Crippen LogP contribution in [0.4, 0.5) is 5.69 Å². The van der Waals surface area contributed by atoms with E-state index in [-0.39, 0.29) is 17.9 Å². The normalized spacial score (nSPS) is 23.2. The van der Waals surface area contributed by atoms with Crippen LogP contribution in [0.2, 0.25) is 0 Å². The summed E-state index contributed by atoms with van der Waals surface area (Å²) in [6.45, 7) is 5.91. The predicted molar refractivity (Wildman–Crippen MR) is 86.7 cm³/mol. The van der Waals surface area contributed by atoms with Gasteiger partial charge in [0.2, 0.25) is 11.8 Å². The van der Waals surface area contributed by atoms with E-state index in [1.807, 2.05) is 36.1 Å². The molecular formula is C18H24N2O2. The highest BCUT2D eigenvalue weighted by atomic mass is 16.2. The van der Waals surface area contributed by atoms with Crippen molar-refractivity contribution in [1.29, 1.82) is 0 Å². The number of anilines is 1. The average Bonchev–Trinajstić information content (AvgIpc) is 2.90. The van der Waals surface area contributed by atoms with E-state index in [1.165, 1.54) is 0 Å². The Labute approximate surface area is 132 Å². The molecule has 2 amide bonds. The van der Waals surface area contributed by atoms with Gasteiger partial charge in [-0.3, -0.25) is 14.5 Å². The first kappa shape index (κ1) is 15.1. The number of likely N-dealkylation sites (tertiary alicyclic amines) is 1. The molecule has 0 bridgehead atoms. The maximum absolute atomic E-state index is 12.8. The van der Waals surface area contributed by atoms with Gasteiger partial charge in [-0.1, -0.05) is 24.6 Å². The van der Waals surface area contributed by atoms with Crippen LogP contribution in [0.5, 0.6) is 0 Å². The molecular weight excluding hydrogens is 276 g/mol. The van der Waals surface area contributed by atoms with E-state index in [0.29, 0.717) is 18.8 Å². The molecule has 1 aromatic rings. The molecule has 0 spiro atoms. The van der Waals surface area contributed by atoms with Crippen molar-refractivity contribution in [2.45, 2.75) is 45.6 Å². The van der Waals surface area contributed by atoms with E-state index >= 15 is 0 Å². The van der Waals surface area contributed by atoms with Crippen molar-refractivity contribution < 1.29 is 9.59 Å². The summed E-state index contributed by atoms with van der Waals surface area (Å²) in [7, 11) is 0. The second-order valence-corrected chi connectivity index (χ2v) is 6.66. The first-order valence-electron chi connectivity index (χ1n) is 8.24. The highest BCUT2D eigenvalue weighted by Gasteiger charge is 2.39. The molecule has 0 saturated carbocycles. The number of piperidine rings is 1. The number of carbonyl (C=O) groups excluding carboxylic acids is 2. The van der Waals surface area contributed by atoms with Crippen LogP contribution in [-0.2, 0) is 9.59 Å². The third kappa shape index (κ3) is 2.87. The summed E-state index contributed by atoms with van der Waals surface area (Å²) in [5.74, 6) is 0.883. The molecule has 0 aromatic heterocycles. The van der Waals surface area contributed by atoms with E-state index in [9.17, 15) is 9.59 Å². The van der Waals surface area contributed by atoms with Crippen molar-refractivity contribution in [3.8, 4) is 0 Å². The molecule has 1 unspecified atom stereocenters. The minimum Gasteiger partial charge on any atom is -0.341 e. The van der Waals surface area contributed by atoms with Crippen LogP contribution in [0, 0.1) is 12.8 Å². The van der Waals surface area contributed by atoms with E-state index in [4.69, 9.17) is 0 Å². The quantitative estimate of drug-likeness (QED) is 0.842. The maximum atomic E-state index is 12.8. The van der Waals surface area contributed by atoms with E-state index < -0.39 is 0 Å². The van der Waals surface area contributed by atoms with Gasteiger partial charge in [-0.15, -0.1) is 0 Å². The summed E-state index contributed by atoms with van der Waals surface area (Å²) in [6.07, 6.45) is 3.24. The van der Waals surface area contributed by atoms with Crippen LogP contribution in [0.15, 0.2) is 24.3 Å². The molecule has 3 rings (SSSR count). The SMILES string of the molecule is Cc1ccc(N2C(=O)CCC2C(=O)N2CCC(C)CC2)cc1. The minimum atomic E-state index is -0.316. The van der Waals surface area contributed by atoms with E-state index in [0.717, 1.165) is 37.2 Å². The molecule has 2 saturated heterocycles. The molecule has 118 valence electrons. The number of hydrogen-bond acceptors (Lipinski definition) is 2. The Morgan fingerprint density at radius 3 is 2.36 bits per heavy atom. The third-order valence-electron chi connectivity index (χ3n) is 4.90. The molecule has 22 heavy (non-hydrogen) atoms. The number of nitrogens with zero attached hydrogens (tertiary/aromatic N) is 2. The lowest BCUT2D eigenvalue weighted by atomic mass is 9.98. The van der Waals surface area contributed by atoms with Gasteiger partial charge in [-0.25, -0.2) is 0 Å². The lowest BCUT2D eigenvalue weighted by molar-refractivity contribution is -0.134. The Balaban J connectivity index is 1.78. The number of hydrogen-bond donors (Lipinski definition) is 0. The Morgan fingerprint density at radius 1 is 1.09 bits per heavy atom.